The van der Waals surface area contributed by atoms with Gasteiger partial charge in [0.15, 0.2) is 9.84 Å². The largest absolute Gasteiger partial charge is 0.453 e. The fourth-order valence-corrected chi connectivity index (χ4v) is 4.52. The first kappa shape index (κ1) is 15.4. The lowest BCUT2D eigenvalue weighted by Gasteiger charge is -2.30. The van der Waals surface area contributed by atoms with Crippen LogP contribution in [0.4, 0.5) is 0 Å². The van der Waals surface area contributed by atoms with Gasteiger partial charge in [-0.2, -0.15) is 4.79 Å². The molecular formula is C14H16N2O4S. The van der Waals surface area contributed by atoms with Crippen molar-refractivity contribution in [1.82, 2.24) is 0 Å². The van der Waals surface area contributed by atoms with Gasteiger partial charge in [0, 0.05) is 0 Å². The average Bonchev–Trinajstić information content (AvgIpc) is 2.49. The van der Waals surface area contributed by atoms with Crippen molar-refractivity contribution < 1.29 is 22.7 Å². The first-order valence-corrected chi connectivity index (χ1v) is 8.27. The van der Waals surface area contributed by atoms with E-state index in [9.17, 15) is 13.2 Å². The van der Waals surface area contributed by atoms with Gasteiger partial charge in [0.25, 0.3) is 0 Å². The van der Waals surface area contributed by atoms with Crippen LogP contribution in [-0.2, 0) is 19.4 Å². The van der Waals surface area contributed by atoms with Gasteiger partial charge in [0.1, 0.15) is 11.4 Å². The Kier molecular flexibility index (Phi) is 4.88. The maximum absolute atomic E-state index is 12.7. The van der Waals surface area contributed by atoms with Crippen molar-refractivity contribution in [2.75, 3.05) is 0 Å². The quantitative estimate of drug-likeness (QED) is 0.365. The molecule has 2 atom stereocenters. The van der Waals surface area contributed by atoms with Crippen molar-refractivity contribution in [2.24, 2.45) is 0 Å². The summed E-state index contributed by atoms with van der Waals surface area (Å²) in [5.74, 6) is -0.835. The molecule has 1 fully saturated rings. The summed E-state index contributed by atoms with van der Waals surface area (Å²) in [4.78, 5) is 14.2. The summed E-state index contributed by atoms with van der Waals surface area (Å²) in [6, 6.07) is 8.15. The highest BCUT2D eigenvalue weighted by atomic mass is 32.2. The summed E-state index contributed by atoms with van der Waals surface area (Å²) in [6.45, 7) is 0. The number of carbonyl (C=O) groups is 1. The zero-order chi connectivity index (χ0) is 15.3. The third-order valence-corrected chi connectivity index (χ3v) is 5.81. The summed E-state index contributed by atoms with van der Waals surface area (Å²) >= 11 is 0. The molecule has 0 saturated heterocycles. The average molecular weight is 308 g/mol. The Morgan fingerprint density at radius 1 is 1.24 bits per heavy atom. The van der Waals surface area contributed by atoms with E-state index < -0.39 is 27.2 Å². The van der Waals surface area contributed by atoms with E-state index in [-0.39, 0.29) is 4.90 Å². The van der Waals surface area contributed by atoms with Crippen molar-refractivity contribution >= 4 is 22.0 Å². The molecule has 0 heterocycles. The molecule has 1 aromatic rings. The molecule has 0 aromatic heterocycles. The number of benzene rings is 1. The predicted molar refractivity (Wildman–Crippen MR) is 75.4 cm³/mol. The molecule has 0 N–H and O–H groups in total. The molecule has 0 bridgehead atoms. The van der Waals surface area contributed by atoms with E-state index in [0.29, 0.717) is 19.1 Å². The molecule has 0 spiro atoms. The van der Waals surface area contributed by atoms with Crippen LogP contribution >= 0.6 is 0 Å². The van der Waals surface area contributed by atoms with Crippen molar-refractivity contribution in [2.45, 2.75) is 41.9 Å². The number of ether oxygens (including phenoxy) is 1. The maximum atomic E-state index is 12.7. The van der Waals surface area contributed by atoms with Crippen molar-refractivity contribution in [3.05, 3.63) is 35.9 Å². The molecular weight excluding hydrogens is 292 g/mol. The number of carbonyl (C=O) groups excluding carboxylic acids is 1. The number of nitrogens with zero attached hydrogens (tertiary/aromatic N) is 2. The van der Waals surface area contributed by atoms with E-state index >= 15 is 0 Å². The first-order chi connectivity index (χ1) is 10.1. The van der Waals surface area contributed by atoms with E-state index in [1.165, 1.54) is 12.1 Å². The molecule has 1 aromatic carbocycles. The van der Waals surface area contributed by atoms with Crippen LogP contribution in [0.5, 0.6) is 0 Å². The SMILES string of the molecule is [N-]=[N+]=CC(=O)OC1CCCCC1S(=O)(=O)c1ccccc1. The topological polar surface area (TPSA) is 96.8 Å². The van der Waals surface area contributed by atoms with Gasteiger partial charge >= 0.3 is 12.2 Å². The lowest BCUT2D eigenvalue weighted by atomic mass is 9.97. The van der Waals surface area contributed by atoms with Gasteiger partial charge in [0.2, 0.25) is 0 Å². The lowest BCUT2D eigenvalue weighted by Crippen LogP contribution is -2.40. The molecule has 0 radical (unpaired) electrons. The predicted octanol–water partition coefficient (Wildman–Crippen LogP) is 1.62. The van der Waals surface area contributed by atoms with E-state index in [1.54, 1.807) is 18.2 Å². The highest BCUT2D eigenvalue weighted by Crippen LogP contribution is 2.30. The van der Waals surface area contributed by atoms with E-state index in [0.717, 1.165) is 12.8 Å². The molecule has 7 heteroatoms. The Hall–Kier alpha value is -1.98. The van der Waals surface area contributed by atoms with Gasteiger partial charge in [-0.15, -0.1) is 0 Å². The van der Waals surface area contributed by atoms with E-state index in [1.807, 2.05) is 0 Å². The minimum atomic E-state index is -3.56. The second-order valence-corrected chi connectivity index (χ2v) is 7.07. The van der Waals surface area contributed by atoms with Gasteiger partial charge < -0.3 is 10.3 Å². The van der Waals surface area contributed by atoms with E-state index in [2.05, 4.69) is 4.79 Å². The first-order valence-electron chi connectivity index (χ1n) is 6.72. The van der Waals surface area contributed by atoms with Crippen LogP contribution in [0, 0.1) is 0 Å². The second-order valence-electron chi connectivity index (χ2n) is 4.90. The van der Waals surface area contributed by atoms with Crippen LogP contribution in [0.3, 0.4) is 0 Å². The molecule has 2 rings (SSSR count). The maximum Gasteiger partial charge on any atom is 0.413 e. The summed E-state index contributed by atoms with van der Waals surface area (Å²) in [5.41, 5.74) is 8.32. The molecule has 0 aliphatic heterocycles. The Morgan fingerprint density at radius 2 is 1.90 bits per heavy atom. The zero-order valence-corrected chi connectivity index (χ0v) is 12.2. The molecule has 1 saturated carbocycles. The molecule has 1 aliphatic rings. The third kappa shape index (κ3) is 3.56. The Labute approximate surface area is 123 Å². The minimum Gasteiger partial charge on any atom is -0.453 e. The summed E-state index contributed by atoms with van der Waals surface area (Å²) in [6.07, 6.45) is 2.43. The molecule has 112 valence electrons. The summed E-state index contributed by atoms with van der Waals surface area (Å²) < 4.78 is 30.5. The van der Waals surface area contributed by atoms with Crippen molar-refractivity contribution in [1.29, 1.82) is 0 Å². The summed E-state index contributed by atoms with van der Waals surface area (Å²) in [5, 5.41) is -0.760. The fraction of sp³-hybridized carbons (Fsp3) is 0.429. The Balaban J connectivity index is 2.26. The lowest BCUT2D eigenvalue weighted by molar-refractivity contribution is -0.145. The zero-order valence-electron chi connectivity index (χ0n) is 11.4. The summed E-state index contributed by atoms with van der Waals surface area (Å²) in [7, 11) is -3.56. The monoisotopic (exact) mass is 308 g/mol. The van der Waals surface area contributed by atoms with Gasteiger partial charge in [-0.3, -0.25) is 0 Å². The molecule has 2 unspecified atom stereocenters. The van der Waals surface area contributed by atoms with Crippen LogP contribution in [0.2, 0.25) is 0 Å². The molecule has 21 heavy (non-hydrogen) atoms. The van der Waals surface area contributed by atoms with Crippen LogP contribution in [-0.4, -0.2) is 36.7 Å². The van der Waals surface area contributed by atoms with Crippen LogP contribution in [0.1, 0.15) is 25.7 Å². The number of sulfone groups is 1. The molecule has 1 aliphatic carbocycles. The Bertz CT molecular complexity index is 651. The molecule has 0 amide bonds. The van der Waals surface area contributed by atoms with Crippen LogP contribution in [0.25, 0.3) is 5.53 Å². The third-order valence-electron chi connectivity index (χ3n) is 3.54. The van der Waals surface area contributed by atoms with Gasteiger partial charge in [0.05, 0.1) is 4.90 Å². The van der Waals surface area contributed by atoms with Crippen molar-refractivity contribution in [3.8, 4) is 0 Å². The normalized spacial score (nSPS) is 22.1. The fourth-order valence-electron chi connectivity index (χ4n) is 2.56. The van der Waals surface area contributed by atoms with Gasteiger partial charge in [-0.25, -0.2) is 13.2 Å². The highest BCUT2D eigenvalue weighted by Gasteiger charge is 2.39. The Morgan fingerprint density at radius 3 is 2.57 bits per heavy atom. The van der Waals surface area contributed by atoms with Gasteiger partial charge in [-0.05, 0) is 31.4 Å². The van der Waals surface area contributed by atoms with Crippen LogP contribution in [0.15, 0.2) is 35.2 Å². The smallest absolute Gasteiger partial charge is 0.413 e. The number of hydrogen-bond acceptors (Lipinski definition) is 4. The molecule has 6 nitrogen and oxygen atoms in total. The standard InChI is InChI=1S/C14H16N2O4S/c15-16-10-14(17)20-12-8-4-5-9-13(12)21(18,19)11-6-2-1-3-7-11/h1-3,6-7,10,12-13H,4-5,8-9H2. The number of hydrogen-bond donors (Lipinski definition) is 0. The van der Waals surface area contributed by atoms with E-state index in [4.69, 9.17) is 10.3 Å². The number of esters is 1. The highest BCUT2D eigenvalue weighted by molar-refractivity contribution is 7.92. The minimum absolute atomic E-state index is 0.230. The number of rotatable bonds is 4. The second kappa shape index (κ2) is 6.65. The van der Waals surface area contributed by atoms with Crippen LogP contribution < -0.4 is 0 Å². The van der Waals surface area contributed by atoms with Gasteiger partial charge in [-0.1, -0.05) is 24.6 Å². The van der Waals surface area contributed by atoms with Crippen molar-refractivity contribution in [3.63, 3.8) is 0 Å².